The fourth-order valence-corrected chi connectivity index (χ4v) is 1.26. The molecule has 0 saturated heterocycles. The van der Waals surface area contributed by atoms with Gasteiger partial charge in [0.1, 0.15) is 11.5 Å². The number of phenols is 2. The van der Waals surface area contributed by atoms with Crippen LogP contribution in [0.25, 0.3) is 0 Å². The van der Waals surface area contributed by atoms with Gasteiger partial charge in [0, 0.05) is 13.2 Å². The molecule has 1 aromatic rings. The van der Waals surface area contributed by atoms with E-state index in [-0.39, 0.29) is 17.9 Å². The maximum atomic E-state index is 11.6. The second kappa shape index (κ2) is 5.87. The summed E-state index contributed by atoms with van der Waals surface area (Å²) in [5, 5.41) is 29.5. The summed E-state index contributed by atoms with van der Waals surface area (Å²) in [5.41, 5.74) is -0.0620. The van der Waals surface area contributed by atoms with E-state index in [1.165, 1.54) is 19.2 Å². The third-order valence-electron chi connectivity index (χ3n) is 2.23. The molecule has 1 rings (SSSR count). The highest BCUT2D eigenvalue weighted by atomic mass is 16.5. The first-order valence-corrected chi connectivity index (χ1v) is 5.01. The first kappa shape index (κ1) is 13.8. The molecule has 98 valence electrons. The van der Waals surface area contributed by atoms with Gasteiger partial charge in [0.05, 0.1) is 12.1 Å². The van der Waals surface area contributed by atoms with E-state index in [4.69, 9.17) is 10.2 Å². The average Bonchev–Trinajstić information content (AvgIpc) is 2.28. The molecule has 0 aromatic heterocycles. The van der Waals surface area contributed by atoms with Crippen molar-refractivity contribution in [1.82, 2.24) is 5.32 Å². The molecule has 0 aliphatic rings. The van der Waals surface area contributed by atoms with E-state index in [0.717, 1.165) is 6.07 Å². The molecular formula is C11H13NO6. The largest absolute Gasteiger partial charge is 0.508 e. The molecule has 1 unspecified atom stereocenters. The Morgan fingerprint density at radius 1 is 1.39 bits per heavy atom. The molecule has 0 spiro atoms. The second-order valence-electron chi connectivity index (χ2n) is 3.47. The van der Waals surface area contributed by atoms with Gasteiger partial charge in [-0.25, -0.2) is 4.79 Å². The van der Waals surface area contributed by atoms with Gasteiger partial charge in [-0.15, -0.1) is 0 Å². The number of hydrogen-bond acceptors (Lipinski definition) is 5. The van der Waals surface area contributed by atoms with Crippen LogP contribution in [-0.4, -0.2) is 47.0 Å². The van der Waals surface area contributed by atoms with Gasteiger partial charge < -0.3 is 25.4 Å². The minimum Gasteiger partial charge on any atom is -0.508 e. The summed E-state index contributed by atoms with van der Waals surface area (Å²) in [5.74, 6) is -2.43. The molecule has 7 heteroatoms. The molecule has 0 aliphatic heterocycles. The number of phenolic OH excluding ortho intramolecular Hbond substituents is 2. The average molecular weight is 255 g/mol. The topological polar surface area (TPSA) is 116 Å². The van der Waals surface area contributed by atoms with Crippen LogP contribution >= 0.6 is 0 Å². The fourth-order valence-electron chi connectivity index (χ4n) is 1.26. The number of rotatable bonds is 5. The van der Waals surface area contributed by atoms with Gasteiger partial charge in [0.2, 0.25) is 0 Å². The minimum absolute atomic E-state index is 0.0620. The molecule has 18 heavy (non-hydrogen) atoms. The molecule has 0 aliphatic carbocycles. The highest BCUT2D eigenvalue weighted by Gasteiger charge is 2.18. The molecule has 0 radical (unpaired) electrons. The predicted molar refractivity (Wildman–Crippen MR) is 60.5 cm³/mol. The molecular weight excluding hydrogens is 242 g/mol. The van der Waals surface area contributed by atoms with Gasteiger partial charge in [-0.3, -0.25) is 4.79 Å². The van der Waals surface area contributed by atoms with Crippen LogP contribution in [-0.2, 0) is 9.53 Å². The Labute approximate surface area is 103 Å². The summed E-state index contributed by atoms with van der Waals surface area (Å²) in [4.78, 5) is 22.3. The third kappa shape index (κ3) is 3.36. The van der Waals surface area contributed by atoms with E-state index < -0.39 is 23.7 Å². The first-order chi connectivity index (χ1) is 8.45. The van der Waals surface area contributed by atoms with Crippen LogP contribution in [0.3, 0.4) is 0 Å². The smallest absolute Gasteiger partial charge is 0.334 e. The molecule has 4 N–H and O–H groups in total. The van der Waals surface area contributed by atoms with Crippen molar-refractivity contribution in [3.05, 3.63) is 23.8 Å². The van der Waals surface area contributed by atoms with Crippen LogP contribution in [0.1, 0.15) is 10.4 Å². The van der Waals surface area contributed by atoms with Crippen LogP contribution < -0.4 is 5.32 Å². The molecule has 0 bridgehead atoms. The van der Waals surface area contributed by atoms with Gasteiger partial charge in [0.15, 0.2) is 6.10 Å². The van der Waals surface area contributed by atoms with E-state index >= 15 is 0 Å². The van der Waals surface area contributed by atoms with Crippen molar-refractivity contribution >= 4 is 11.9 Å². The van der Waals surface area contributed by atoms with Crippen LogP contribution in [0.5, 0.6) is 11.5 Å². The Kier molecular flexibility index (Phi) is 4.50. The Morgan fingerprint density at radius 3 is 2.56 bits per heavy atom. The van der Waals surface area contributed by atoms with Crippen LogP contribution in [0.2, 0.25) is 0 Å². The van der Waals surface area contributed by atoms with Gasteiger partial charge in [-0.1, -0.05) is 0 Å². The normalized spacial score (nSPS) is 11.8. The maximum absolute atomic E-state index is 11.6. The van der Waals surface area contributed by atoms with E-state index in [1.54, 1.807) is 0 Å². The van der Waals surface area contributed by atoms with Crippen molar-refractivity contribution in [2.45, 2.75) is 6.10 Å². The number of aliphatic carboxylic acids is 1. The van der Waals surface area contributed by atoms with Crippen LogP contribution in [0.15, 0.2) is 18.2 Å². The lowest BCUT2D eigenvalue weighted by Gasteiger charge is -2.12. The van der Waals surface area contributed by atoms with E-state index in [1.807, 2.05) is 0 Å². The lowest BCUT2D eigenvalue weighted by molar-refractivity contribution is -0.148. The van der Waals surface area contributed by atoms with Crippen molar-refractivity contribution in [2.24, 2.45) is 0 Å². The number of carbonyl (C=O) groups is 2. The number of methoxy groups -OCH3 is 1. The zero-order valence-corrected chi connectivity index (χ0v) is 9.58. The minimum atomic E-state index is -1.20. The van der Waals surface area contributed by atoms with Crippen molar-refractivity contribution in [2.75, 3.05) is 13.7 Å². The first-order valence-electron chi connectivity index (χ1n) is 5.01. The lowest BCUT2D eigenvalue weighted by Crippen LogP contribution is -2.37. The van der Waals surface area contributed by atoms with Crippen LogP contribution in [0.4, 0.5) is 0 Å². The quantitative estimate of drug-likeness (QED) is 0.585. The number of amides is 1. The number of benzene rings is 1. The summed E-state index contributed by atoms with van der Waals surface area (Å²) in [6.07, 6.45) is -1.16. The Balaban J connectivity index is 2.68. The standard InChI is InChI=1S/C11H13NO6/c1-18-9(11(16)17)5-12-10(15)7-3-2-6(13)4-8(7)14/h2-4,9,13-14H,5H2,1H3,(H,12,15)(H,16,17). The maximum Gasteiger partial charge on any atom is 0.334 e. The van der Waals surface area contributed by atoms with Crippen LogP contribution in [0, 0.1) is 0 Å². The molecule has 1 aromatic carbocycles. The summed E-state index contributed by atoms with van der Waals surface area (Å²) in [6.45, 7) is -0.231. The Morgan fingerprint density at radius 2 is 2.06 bits per heavy atom. The second-order valence-corrected chi connectivity index (χ2v) is 3.47. The molecule has 1 atom stereocenters. The summed E-state index contributed by atoms with van der Waals surface area (Å²) >= 11 is 0. The number of carbonyl (C=O) groups excluding carboxylic acids is 1. The number of carboxylic acids is 1. The molecule has 0 heterocycles. The van der Waals surface area contributed by atoms with Gasteiger partial charge >= 0.3 is 5.97 Å². The van der Waals surface area contributed by atoms with Crippen molar-refractivity contribution in [3.8, 4) is 11.5 Å². The van der Waals surface area contributed by atoms with E-state index in [2.05, 4.69) is 10.1 Å². The summed E-state index contributed by atoms with van der Waals surface area (Å²) in [6, 6.07) is 3.47. The molecule has 1 amide bonds. The van der Waals surface area contributed by atoms with Gasteiger partial charge in [-0.2, -0.15) is 0 Å². The number of ether oxygens (including phenoxy) is 1. The highest BCUT2D eigenvalue weighted by Crippen LogP contribution is 2.22. The Bertz CT molecular complexity index is 459. The predicted octanol–water partition coefficient (Wildman–Crippen LogP) is -0.0728. The monoisotopic (exact) mass is 255 g/mol. The third-order valence-corrected chi connectivity index (χ3v) is 2.23. The van der Waals surface area contributed by atoms with E-state index in [0.29, 0.717) is 0 Å². The number of carboxylic acid groups (broad SMARTS) is 1. The van der Waals surface area contributed by atoms with E-state index in [9.17, 15) is 14.7 Å². The van der Waals surface area contributed by atoms with Crippen molar-refractivity contribution in [1.29, 1.82) is 0 Å². The Hall–Kier alpha value is -2.28. The number of hydrogen-bond donors (Lipinski definition) is 4. The van der Waals surface area contributed by atoms with Gasteiger partial charge in [0.25, 0.3) is 5.91 Å². The lowest BCUT2D eigenvalue weighted by atomic mass is 10.1. The van der Waals surface area contributed by atoms with Crippen molar-refractivity contribution in [3.63, 3.8) is 0 Å². The van der Waals surface area contributed by atoms with Crippen molar-refractivity contribution < 1.29 is 29.6 Å². The van der Waals surface area contributed by atoms with Gasteiger partial charge in [-0.05, 0) is 12.1 Å². The molecule has 0 saturated carbocycles. The zero-order chi connectivity index (χ0) is 13.7. The number of nitrogens with one attached hydrogen (secondary N) is 1. The molecule has 0 fully saturated rings. The number of aromatic hydroxyl groups is 2. The summed E-state index contributed by atoms with van der Waals surface area (Å²) < 4.78 is 4.63. The zero-order valence-electron chi connectivity index (χ0n) is 9.58. The summed E-state index contributed by atoms with van der Waals surface area (Å²) in [7, 11) is 1.21. The fraction of sp³-hybridized carbons (Fsp3) is 0.273. The SMILES string of the molecule is COC(CNC(=O)c1ccc(O)cc1O)C(=O)O. The highest BCUT2D eigenvalue weighted by molar-refractivity contribution is 5.97. The molecule has 7 nitrogen and oxygen atoms in total.